The number of nitrogens with one attached hydrogen (secondary N) is 1. The van der Waals surface area contributed by atoms with Crippen LogP contribution >= 0.6 is 23.2 Å². The molecule has 2 aromatic carbocycles. The number of ether oxygens (including phenoxy) is 1. The summed E-state index contributed by atoms with van der Waals surface area (Å²) < 4.78 is 44.3. The van der Waals surface area contributed by atoms with Gasteiger partial charge in [0.1, 0.15) is 17.3 Å². The molecule has 2 N–H and O–H groups in total. The van der Waals surface area contributed by atoms with Crippen LogP contribution in [0.3, 0.4) is 0 Å². The van der Waals surface area contributed by atoms with Crippen LogP contribution in [0.5, 0.6) is 5.75 Å². The summed E-state index contributed by atoms with van der Waals surface area (Å²) in [4.78, 5) is 17.9. The molecule has 1 fully saturated rings. The minimum absolute atomic E-state index is 0.171. The first kappa shape index (κ1) is 27.3. The Balaban J connectivity index is 1.68. The van der Waals surface area contributed by atoms with E-state index in [0.29, 0.717) is 45.7 Å². The highest BCUT2D eigenvalue weighted by molar-refractivity contribution is 6.36. The van der Waals surface area contributed by atoms with E-state index in [-0.39, 0.29) is 17.5 Å². The summed E-state index contributed by atoms with van der Waals surface area (Å²) in [6.45, 7) is 1.25. The molecule has 1 aliphatic carbocycles. The molecule has 2 unspecified atom stereocenters. The van der Waals surface area contributed by atoms with Gasteiger partial charge < -0.3 is 15.2 Å². The number of alkyl halides is 3. The second-order valence-corrected chi connectivity index (χ2v) is 9.81. The van der Waals surface area contributed by atoms with E-state index in [9.17, 15) is 23.1 Å². The molecule has 1 heterocycles. The van der Waals surface area contributed by atoms with Crippen LogP contribution < -0.4 is 10.1 Å². The molecule has 2 atom stereocenters. The number of aromatic nitrogens is 2. The van der Waals surface area contributed by atoms with Crippen LogP contribution in [0, 0.1) is 6.92 Å². The number of imidazole rings is 1. The molecule has 1 amide bonds. The van der Waals surface area contributed by atoms with Crippen molar-refractivity contribution >= 4 is 29.1 Å². The number of carbonyl (C=O) groups excluding carboxylic acids is 1. The first-order valence-corrected chi connectivity index (χ1v) is 12.6. The van der Waals surface area contributed by atoms with Crippen LogP contribution in [-0.4, -0.2) is 45.5 Å². The number of benzene rings is 2. The van der Waals surface area contributed by atoms with Crippen molar-refractivity contribution in [3.05, 3.63) is 63.9 Å². The largest absolute Gasteiger partial charge is 0.493 e. The number of carbonyl (C=O) groups is 1. The lowest BCUT2D eigenvalue weighted by molar-refractivity contribution is -0.139. The maximum absolute atomic E-state index is 13.2. The predicted molar refractivity (Wildman–Crippen MR) is 136 cm³/mol. The highest BCUT2D eigenvalue weighted by atomic mass is 35.5. The van der Waals surface area contributed by atoms with E-state index >= 15 is 0 Å². The Labute approximate surface area is 222 Å². The van der Waals surface area contributed by atoms with Crippen LogP contribution in [0.1, 0.15) is 48.3 Å². The van der Waals surface area contributed by atoms with Gasteiger partial charge in [0.15, 0.2) is 0 Å². The number of aliphatic hydroxyl groups is 1. The molecule has 0 saturated heterocycles. The van der Waals surface area contributed by atoms with E-state index in [1.807, 2.05) is 0 Å². The maximum atomic E-state index is 13.2. The third-order valence-electron chi connectivity index (χ3n) is 6.29. The zero-order chi connectivity index (χ0) is 26.7. The summed E-state index contributed by atoms with van der Waals surface area (Å²) in [5, 5.41) is 14.0. The van der Waals surface area contributed by atoms with Gasteiger partial charge >= 0.3 is 6.18 Å². The molecule has 3 aromatic rings. The Morgan fingerprint density at radius 1 is 1.16 bits per heavy atom. The molecule has 0 spiro atoms. The monoisotopic (exact) mass is 555 g/mol. The third kappa shape index (κ3) is 6.58. The van der Waals surface area contributed by atoms with Crippen LogP contribution in [-0.2, 0) is 0 Å². The van der Waals surface area contributed by atoms with Gasteiger partial charge in [-0.3, -0.25) is 9.36 Å². The van der Waals surface area contributed by atoms with E-state index in [1.54, 1.807) is 54.0 Å². The van der Waals surface area contributed by atoms with E-state index < -0.39 is 31.2 Å². The first-order chi connectivity index (χ1) is 17.5. The molecule has 37 heavy (non-hydrogen) atoms. The third-order valence-corrected chi connectivity index (χ3v) is 6.84. The minimum Gasteiger partial charge on any atom is -0.493 e. The van der Waals surface area contributed by atoms with E-state index in [0.717, 1.165) is 12.8 Å². The van der Waals surface area contributed by atoms with Crippen molar-refractivity contribution in [1.82, 2.24) is 14.9 Å². The van der Waals surface area contributed by atoms with Gasteiger partial charge in [-0.15, -0.1) is 0 Å². The van der Waals surface area contributed by atoms with Gasteiger partial charge in [0.05, 0.1) is 35.9 Å². The molecule has 1 saturated carbocycles. The second-order valence-electron chi connectivity index (χ2n) is 8.97. The van der Waals surface area contributed by atoms with Gasteiger partial charge in [0, 0.05) is 16.3 Å². The molecule has 1 aliphatic rings. The number of hydrogen-bond donors (Lipinski definition) is 2. The number of halogens is 5. The highest BCUT2D eigenvalue weighted by Crippen LogP contribution is 2.34. The highest BCUT2D eigenvalue weighted by Gasteiger charge is 2.29. The summed E-state index contributed by atoms with van der Waals surface area (Å²) in [6, 6.07) is 11.0. The fraction of sp³-hybridized carbons (Fsp3) is 0.385. The SMILES string of the molecule is Cc1c(C(=O)NC2CCCCC2O)nc(-c2ccc(Cl)cc2Cl)n1-c1ccc(OCCC(F)(F)F)cc1. The number of amides is 1. The number of hydrogen-bond acceptors (Lipinski definition) is 4. The van der Waals surface area contributed by atoms with Crippen LogP contribution in [0.4, 0.5) is 13.2 Å². The molecular weight excluding hydrogens is 530 g/mol. The molecule has 4 rings (SSSR count). The van der Waals surface area contributed by atoms with Gasteiger partial charge in [0.2, 0.25) is 0 Å². The van der Waals surface area contributed by atoms with Crippen molar-refractivity contribution in [1.29, 1.82) is 0 Å². The van der Waals surface area contributed by atoms with E-state index in [4.69, 9.17) is 27.9 Å². The summed E-state index contributed by atoms with van der Waals surface area (Å²) in [5.41, 5.74) is 1.83. The zero-order valence-electron chi connectivity index (χ0n) is 20.0. The quantitative estimate of drug-likeness (QED) is 0.348. The normalized spacial score (nSPS) is 18.0. The number of rotatable bonds is 7. The lowest BCUT2D eigenvalue weighted by atomic mass is 9.92. The van der Waals surface area contributed by atoms with E-state index in [2.05, 4.69) is 10.3 Å². The van der Waals surface area contributed by atoms with Crippen LogP contribution in [0.15, 0.2) is 42.5 Å². The molecule has 0 bridgehead atoms. The standard InChI is InChI=1S/C26H26Cl2F3N3O3/c1-15-23(25(36)32-21-4-2-3-5-22(21)35)33-24(19-11-6-16(27)14-20(19)28)34(15)17-7-9-18(10-8-17)37-13-12-26(29,30)31/h6-11,14,21-22,35H,2-5,12-13H2,1H3,(H,32,36). The van der Waals surface area contributed by atoms with Crippen molar-refractivity contribution in [2.24, 2.45) is 0 Å². The van der Waals surface area contributed by atoms with Crippen molar-refractivity contribution in [3.8, 4) is 22.8 Å². The smallest absolute Gasteiger partial charge is 0.392 e. The Kier molecular flexibility index (Phi) is 8.36. The molecular formula is C26H26Cl2F3N3O3. The minimum atomic E-state index is -4.30. The molecule has 11 heteroatoms. The van der Waals surface area contributed by atoms with Crippen LogP contribution in [0.25, 0.3) is 17.1 Å². The van der Waals surface area contributed by atoms with Crippen molar-refractivity contribution in [3.63, 3.8) is 0 Å². The van der Waals surface area contributed by atoms with Gasteiger partial charge in [-0.05, 0) is 62.2 Å². The van der Waals surface area contributed by atoms with Crippen molar-refractivity contribution in [2.45, 2.75) is 57.3 Å². The summed E-state index contributed by atoms with van der Waals surface area (Å²) in [5.74, 6) is 0.251. The van der Waals surface area contributed by atoms with Crippen molar-refractivity contribution in [2.75, 3.05) is 6.61 Å². The zero-order valence-corrected chi connectivity index (χ0v) is 21.5. The molecule has 1 aromatic heterocycles. The van der Waals surface area contributed by atoms with E-state index in [1.165, 1.54) is 0 Å². The van der Waals surface area contributed by atoms with Crippen LogP contribution in [0.2, 0.25) is 10.0 Å². The van der Waals surface area contributed by atoms with Gasteiger partial charge in [0.25, 0.3) is 5.91 Å². The average Bonchev–Trinajstić information content (AvgIpc) is 3.17. The first-order valence-electron chi connectivity index (χ1n) is 11.9. The Bertz CT molecular complexity index is 1260. The fourth-order valence-corrected chi connectivity index (χ4v) is 4.87. The fourth-order valence-electron chi connectivity index (χ4n) is 4.38. The summed E-state index contributed by atoms with van der Waals surface area (Å²) in [7, 11) is 0. The lowest BCUT2D eigenvalue weighted by Crippen LogP contribution is -2.45. The topological polar surface area (TPSA) is 76.4 Å². The Morgan fingerprint density at radius 2 is 1.86 bits per heavy atom. The van der Waals surface area contributed by atoms with Gasteiger partial charge in [-0.25, -0.2) is 4.98 Å². The average molecular weight is 556 g/mol. The maximum Gasteiger partial charge on any atom is 0.392 e. The predicted octanol–water partition coefficient (Wildman–Crippen LogP) is 6.52. The Morgan fingerprint density at radius 3 is 2.51 bits per heavy atom. The molecule has 0 aliphatic heterocycles. The number of aliphatic hydroxyl groups excluding tert-OH is 1. The molecule has 198 valence electrons. The lowest BCUT2D eigenvalue weighted by Gasteiger charge is -2.28. The molecule has 0 radical (unpaired) electrons. The molecule has 6 nitrogen and oxygen atoms in total. The van der Waals surface area contributed by atoms with Gasteiger partial charge in [-0.2, -0.15) is 13.2 Å². The Hall–Kier alpha value is -2.75. The van der Waals surface area contributed by atoms with Crippen molar-refractivity contribution < 1.29 is 27.8 Å². The van der Waals surface area contributed by atoms with Gasteiger partial charge in [-0.1, -0.05) is 36.0 Å². The number of nitrogens with zero attached hydrogens (tertiary/aromatic N) is 2. The summed E-state index contributed by atoms with van der Waals surface area (Å²) >= 11 is 12.5. The summed E-state index contributed by atoms with van der Waals surface area (Å²) in [6.07, 6.45) is -2.84. The second kappa shape index (κ2) is 11.3.